The highest BCUT2D eigenvalue weighted by Crippen LogP contribution is 2.23. The summed E-state index contributed by atoms with van der Waals surface area (Å²) in [7, 11) is 0. The Morgan fingerprint density at radius 1 is 1.25 bits per heavy atom. The molecule has 6 nitrogen and oxygen atoms in total. The molecule has 1 heterocycles. The van der Waals surface area contributed by atoms with Crippen LogP contribution in [0.4, 0.5) is 0 Å². The number of carbonyl (C=O) groups excluding carboxylic acids is 2. The van der Waals surface area contributed by atoms with E-state index in [2.05, 4.69) is 20.9 Å². The van der Waals surface area contributed by atoms with Gasteiger partial charge in [0.05, 0.1) is 6.61 Å². The predicted octanol–water partition coefficient (Wildman–Crippen LogP) is 4.04. The second-order valence-corrected chi connectivity index (χ2v) is 6.82. The van der Waals surface area contributed by atoms with Crippen molar-refractivity contribution in [2.45, 2.75) is 13.8 Å². The normalized spacial score (nSPS) is 14.6. The Morgan fingerprint density at radius 3 is 2.82 bits per heavy atom. The van der Waals surface area contributed by atoms with Crippen molar-refractivity contribution in [3.8, 4) is 5.75 Å². The fourth-order valence-corrected chi connectivity index (χ4v) is 2.75. The maximum Gasteiger partial charge on any atom is 0.363 e. The monoisotopic (exact) mass is 443 g/mol. The third-order valence-corrected chi connectivity index (χ3v) is 4.74. The Labute approximate surface area is 171 Å². The van der Waals surface area contributed by atoms with E-state index >= 15 is 0 Å². The molecule has 0 fully saturated rings. The van der Waals surface area contributed by atoms with E-state index in [1.54, 1.807) is 37.3 Å². The second kappa shape index (κ2) is 8.84. The van der Waals surface area contributed by atoms with E-state index in [1.807, 2.05) is 25.1 Å². The summed E-state index contributed by atoms with van der Waals surface area (Å²) in [6.45, 7) is 3.80. The zero-order chi connectivity index (χ0) is 20.1. The summed E-state index contributed by atoms with van der Waals surface area (Å²) >= 11 is 3.44. The number of ether oxygens (including phenoxy) is 3. The summed E-state index contributed by atoms with van der Waals surface area (Å²) in [6, 6.07) is 12.6. The molecule has 0 unspecified atom stereocenters. The van der Waals surface area contributed by atoms with Gasteiger partial charge in [-0.15, -0.1) is 0 Å². The number of aliphatic imine (C=N–C) groups is 1. The van der Waals surface area contributed by atoms with Crippen LogP contribution < -0.4 is 4.74 Å². The van der Waals surface area contributed by atoms with Gasteiger partial charge in [-0.1, -0.05) is 28.1 Å². The number of rotatable bonds is 6. The molecule has 0 spiro atoms. The molecule has 0 N–H and O–H groups in total. The lowest BCUT2D eigenvalue weighted by atomic mass is 10.1. The SMILES string of the molecule is CCOC(=O)COc1cccc(/C=C2\N=C(c3ccc(Br)c(C)c3)OC2=O)c1. The average Bonchev–Trinajstić information content (AvgIpc) is 3.03. The van der Waals surface area contributed by atoms with Crippen molar-refractivity contribution in [3.63, 3.8) is 0 Å². The Bertz CT molecular complexity index is 981. The maximum atomic E-state index is 12.2. The smallest absolute Gasteiger partial charge is 0.363 e. The number of cyclic esters (lactones) is 1. The molecule has 1 aliphatic rings. The minimum atomic E-state index is -0.520. The standard InChI is InChI=1S/C21H18BrNO5/c1-3-26-19(24)12-27-16-6-4-5-14(10-16)11-18-21(25)28-20(23-18)15-7-8-17(22)13(2)9-15/h4-11H,3,12H2,1-2H3/b18-11-. The van der Waals surface area contributed by atoms with Crippen molar-refractivity contribution < 1.29 is 23.8 Å². The van der Waals surface area contributed by atoms with Crippen LogP contribution in [-0.2, 0) is 19.1 Å². The molecule has 7 heteroatoms. The van der Waals surface area contributed by atoms with Crippen LogP contribution in [0.2, 0.25) is 0 Å². The highest BCUT2D eigenvalue weighted by Gasteiger charge is 2.24. The third-order valence-electron chi connectivity index (χ3n) is 3.85. The number of hydrogen-bond donors (Lipinski definition) is 0. The fraction of sp³-hybridized carbons (Fsp3) is 0.190. The van der Waals surface area contributed by atoms with Gasteiger partial charge >= 0.3 is 11.9 Å². The zero-order valence-corrected chi connectivity index (χ0v) is 17.0. The van der Waals surface area contributed by atoms with Gasteiger partial charge in [0.25, 0.3) is 0 Å². The van der Waals surface area contributed by atoms with Crippen LogP contribution in [0.25, 0.3) is 6.08 Å². The van der Waals surface area contributed by atoms with Crippen molar-refractivity contribution >= 4 is 39.8 Å². The third kappa shape index (κ3) is 4.86. The lowest BCUT2D eigenvalue weighted by Crippen LogP contribution is -2.14. The number of nitrogens with zero attached hydrogens (tertiary/aromatic N) is 1. The summed E-state index contributed by atoms with van der Waals surface area (Å²) < 4.78 is 16.5. The van der Waals surface area contributed by atoms with E-state index in [-0.39, 0.29) is 18.2 Å². The summed E-state index contributed by atoms with van der Waals surface area (Å²) in [6.07, 6.45) is 1.61. The molecule has 0 amide bonds. The molecule has 0 radical (unpaired) electrons. The molecule has 0 aliphatic carbocycles. The minimum absolute atomic E-state index is 0.179. The highest BCUT2D eigenvalue weighted by molar-refractivity contribution is 9.10. The van der Waals surface area contributed by atoms with Gasteiger partial charge in [0, 0.05) is 10.0 Å². The molecule has 0 atom stereocenters. The quantitative estimate of drug-likeness (QED) is 0.497. The van der Waals surface area contributed by atoms with Crippen LogP contribution >= 0.6 is 15.9 Å². The molecule has 144 valence electrons. The first kappa shape index (κ1) is 19.8. The Morgan fingerprint density at radius 2 is 2.07 bits per heavy atom. The molecule has 2 aromatic rings. The van der Waals surface area contributed by atoms with Gasteiger partial charge in [0.1, 0.15) is 5.75 Å². The van der Waals surface area contributed by atoms with Gasteiger partial charge in [0.15, 0.2) is 12.3 Å². The van der Waals surface area contributed by atoms with Crippen molar-refractivity contribution in [1.29, 1.82) is 0 Å². The highest BCUT2D eigenvalue weighted by atomic mass is 79.9. The molecule has 0 bridgehead atoms. The summed E-state index contributed by atoms with van der Waals surface area (Å²) in [5.74, 6) is -0.207. The van der Waals surface area contributed by atoms with Crippen LogP contribution in [0, 0.1) is 6.92 Å². The van der Waals surface area contributed by atoms with Crippen molar-refractivity contribution in [2.24, 2.45) is 4.99 Å². The zero-order valence-electron chi connectivity index (χ0n) is 15.4. The van der Waals surface area contributed by atoms with Gasteiger partial charge in [-0.05, 0) is 61.4 Å². The van der Waals surface area contributed by atoms with E-state index in [4.69, 9.17) is 14.2 Å². The molecular formula is C21H18BrNO5. The molecule has 3 rings (SSSR count). The molecule has 0 saturated carbocycles. The Kier molecular flexibility index (Phi) is 6.26. The van der Waals surface area contributed by atoms with E-state index in [1.165, 1.54) is 0 Å². The van der Waals surface area contributed by atoms with Crippen molar-refractivity contribution in [3.05, 3.63) is 69.3 Å². The number of benzene rings is 2. The van der Waals surface area contributed by atoms with Gasteiger partial charge in [0.2, 0.25) is 5.90 Å². The first-order valence-electron chi connectivity index (χ1n) is 8.64. The molecule has 1 aliphatic heterocycles. The number of halogens is 1. The van der Waals surface area contributed by atoms with Crippen LogP contribution in [0.3, 0.4) is 0 Å². The average molecular weight is 444 g/mol. The van der Waals surface area contributed by atoms with Crippen LogP contribution in [-0.4, -0.2) is 31.1 Å². The molecule has 2 aromatic carbocycles. The van der Waals surface area contributed by atoms with E-state index in [0.717, 1.165) is 15.6 Å². The van der Waals surface area contributed by atoms with Gasteiger partial charge in [-0.3, -0.25) is 0 Å². The number of carbonyl (C=O) groups is 2. The lowest BCUT2D eigenvalue weighted by molar-refractivity contribution is -0.145. The number of hydrogen-bond acceptors (Lipinski definition) is 6. The first-order valence-corrected chi connectivity index (χ1v) is 9.43. The fourth-order valence-electron chi connectivity index (χ4n) is 2.51. The lowest BCUT2D eigenvalue weighted by Gasteiger charge is -2.06. The Hall–Kier alpha value is -2.93. The van der Waals surface area contributed by atoms with Gasteiger partial charge < -0.3 is 14.2 Å². The largest absolute Gasteiger partial charge is 0.482 e. The number of esters is 2. The van der Waals surface area contributed by atoms with E-state index < -0.39 is 11.9 Å². The van der Waals surface area contributed by atoms with Crippen LogP contribution in [0.5, 0.6) is 5.75 Å². The molecule has 28 heavy (non-hydrogen) atoms. The van der Waals surface area contributed by atoms with Crippen LogP contribution in [0.15, 0.2) is 57.6 Å². The topological polar surface area (TPSA) is 74.2 Å². The predicted molar refractivity (Wildman–Crippen MR) is 108 cm³/mol. The molecule has 0 aromatic heterocycles. The van der Waals surface area contributed by atoms with Crippen molar-refractivity contribution in [2.75, 3.05) is 13.2 Å². The number of aryl methyl sites for hydroxylation is 1. The Balaban J connectivity index is 1.78. The minimum Gasteiger partial charge on any atom is -0.482 e. The molecular weight excluding hydrogens is 426 g/mol. The van der Waals surface area contributed by atoms with Gasteiger partial charge in [-0.2, -0.15) is 0 Å². The van der Waals surface area contributed by atoms with Crippen LogP contribution in [0.1, 0.15) is 23.6 Å². The van der Waals surface area contributed by atoms with E-state index in [0.29, 0.717) is 17.9 Å². The molecule has 0 saturated heterocycles. The second-order valence-electron chi connectivity index (χ2n) is 5.97. The van der Waals surface area contributed by atoms with Crippen molar-refractivity contribution in [1.82, 2.24) is 0 Å². The maximum absolute atomic E-state index is 12.2. The summed E-state index contributed by atoms with van der Waals surface area (Å²) in [5.41, 5.74) is 2.63. The summed E-state index contributed by atoms with van der Waals surface area (Å²) in [5, 5.41) is 0. The summed E-state index contributed by atoms with van der Waals surface area (Å²) in [4.78, 5) is 27.9. The van der Waals surface area contributed by atoms with Gasteiger partial charge in [-0.25, -0.2) is 14.6 Å². The van der Waals surface area contributed by atoms with E-state index in [9.17, 15) is 9.59 Å². The first-order chi connectivity index (χ1) is 13.5.